The van der Waals surface area contributed by atoms with Gasteiger partial charge >= 0.3 is 6.09 Å². The van der Waals surface area contributed by atoms with E-state index < -0.39 is 42.0 Å². The number of aryl methyl sites for hydroxylation is 1. The molecule has 2 unspecified atom stereocenters. The zero-order valence-corrected chi connectivity index (χ0v) is 22.1. The van der Waals surface area contributed by atoms with Gasteiger partial charge in [-0.3, -0.25) is 14.4 Å². The smallest absolute Gasteiger partial charge is 0.408 e. The second-order valence-corrected chi connectivity index (χ2v) is 10.1. The van der Waals surface area contributed by atoms with Crippen molar-refractivity contribution in [1.82, 2.24) is 15.5 Å². The molecular weight excluding hydrogens is 448 g/mol. The van der Waals surface area contributed by atoms with Crippen LogP contribution in [0, 0.1) is 6.92 Å². The second-order valence-electron chi connectivity index (χ2n) is 10.1. The molecule has 0 aliphatic heterocycles. The van der Waals surface area contributed by atoms with Crippen LogP contribution in [0.2, 0.25) is 0 Å². The lowest BCUT2D eigenvalue weighted by molar-refractivity contribution is -0.143. The van der Waals surface area contributed by atoms with Gasteiger partial charge in [0.05, 0.1) is 6.42 Å². The van der Waals surface area contributed by atoms with Gasteiger partial charge in [0.15, 0.2) is 0 Å². The number of carbonyl (C=O) groups excluding carboxylic acids is 4. The monoisotopic (exact) mass is 490 g/mol. The number of nitrogens with two attached hydrogens (primary N) is 1. The molecule has 0 aromatic heterocycles. The van der Waals surface area contributed by atoms with E-state index in [9.17, 15) is 19.2 Å². The molecule has 0 spiro atoms. The number of hydrogen-bond acceptors (Lipinski definition) is 5. The first-order chi connectivity index (χ1) is 16.2. The Morgan fingerprint density at radius 3 is 2.26 bits per heavy atom. The van der Waals surface area contributed by atoms with E-state index in [1.54, 1.807) is 26.8 Å². The fraction of sp³-hybridized carbons (Fsp3) is 0.615. The number of alkyl carbamates (subject to hydrolysis) is 1. The number of hydrogen-bond donors (Lipinski definition) is 3. The van der Waals surface area contributed by atoms with Crippen molar-refractivity contribution in [3.8, 4) is 0 Å². The minimum absolute atomic E-state index is 0.149. The van der Waals surface area contributed by atoms with Crippen LogP contribution < -0.4 is 16.4 Å². The van der Waals surface area contributed by atoms with Crippen molar-refractivity contribution in [2.45, 2.75) is 97.9 Å². The Morgan fingerprint density at radius 2 is 1.74 bits per heavy atom. The highest BCUT2D eigenvalue weighted by atomic mass is 16.6. The van der Waals surface area contributed by atoms with Crippen LogP contribution in [-0.2, 0) is 19.1 Å². The number of primary amides is 1. The quantitative estimate of drug-likeness (QED) is 0.387. The lowest BCUT2D eigenvalue weighted by Crippen LogP contribution is -2.54. The van der Waals surface area contributed by atoms with Crippen LogP contribution in [0.1, 0.15) is 84.4 Å². The van der Waals surface area contributed by atoms with Crippen molar-refractivity contribution in [3.05, 3.63) is 35.4 Å². The topological polar surface area (TPSA) is 131 Å². The summed E-state index contributed by atoms with van der Waals surface area (Å²) in [5, 5.41) is 5.39. The Balaban J connectivity index is 3.47. The van der Waals surface area contributed by atoms with E-state index in [4.69, 9.17) is 10.5 Å². The van der Waals surface area contributed by atoms with Crippen molar-refractivity contribution in [1.29, 1.82) is 0 Å². The normalized spacial score (nSPS) is 13.0. The summed E-state index contributed by atoms with van der Waals surface area (Å²) in [5.74, 6) is -1.67. The van der Waals surface area contributed by atoms with Crippen LogP contribution >= 0.6 is 0 Å². The Morgan fingerprint density at radius 1 is 1.09 bits per heavy atom. The maximum atomic E-state index is 13.8. The molecule has 0 saturated heterocycles. The van der Waals surface area contributed by atoms with E-state index in [0.29, 0.717) is 12.0 Å². The van der Waals surface area contributed by atoms with E-state index >= 15 is 0 Å². The third-order valence-corrected chi connectivity index (χ3v) is 5.03. The van der Waals surface area contributed by atoms with Gasteiger partial charge in [0.2, 0.25) is 17.7 Å². The van der Waals surface area contributed by atoms with Crippen molar-refractivity contribution < 1.29 is 23.9 Å². The van der Waals surface area contributed by atoms with Crippen LogP contribution in [0.15, 0.2) is 24.3 Å². The molecule has 9 nitrogen and oxygen atoms in total. The number of benzene rings is 1. The molecule has 1 aromatic carbocycles. The van der Waals surface area contributed by atoms with Crippen LogP contribution in [0.3, 0.4) is 0 Å². The number of unbranched alkanes of at least 4 members (excludes halogenated alkanes) is 2. The summed E-state index contributed by atoms with van der Waals surface area (Å²) in [6.07, 6.45) is 1.14. The number of carbonyl (C=O) groups is 4. The zero-order valence-electron chi connectivity index (χ0n) is 22.1. The number of rotatable bonds is 12. The summed E-state index contributed by atoms with van der Waals surface area (Å²) in [6, 6.07) is 5.01. The maximum Gasteiger partial charge on any atom is 0.408 e. The Hall–Kier alpha value is -3.10. The molecule has 0 fully saturated rings. The van der Waals surface area contributed by atoms with Gasteiger partial charge in [0, 0.05) is 12.6 Å². The summed E-state index contributed by atoms with van der Waals surface area (Å²) in [4.78, 5) is 52.9. The summed E-state index contributed by atoms with van der Waals surface area (Å²) < 4.78 is 5.29. The molecule has 0 aliphatic carbocycles. The second kappa shape index (κ2) is 13.7. The molecule has 9 heteroatoms. The average Bonchev–Trinajstić information content (AvgIpc) is 2.70. The third kappa shape index (κ3) is 10.8. The van der Waals surface area contributed by atoms with Gasteiger partial charge in [-0.1, -0.05) is 49.6 Å². The maximum absolute atomic E-state index is 13.8. The standard InChI is InChI=1S/C26H42N4O5/c1-8-9-10-14-30(22(23(32)28-17(2)3)19-13-11-12-18(4)15-19)24(33)20(16-21(27)31)29-25(34)35-26(5,6)7/h11-13,15,17,20,22H,8-10,14,16H2,1-7H3,(H2,27,31)(H,28,32)(H,29,34). The van der Waals surface area contributed by atoms with E-state index in [1.165, 1.54) is 4.90 Å². The van der Waals surface area contributed by atoms with E-state index in [1.807, 2.05) is 45.9 Å². The Bertz CT molecular complexity index is 879. The van der Waals surface area contributed by atoms with Crippen LogP contribution in [0.25, 0.3) is 0 Å². The van der Waals surface area contributed by atoms with Gasteiger partial charge in [-0.25, -0.2) is 4.79 Å². The molecule has 4 N–H and O–H groups in total. The fourth-order valence-electron chi connectivity index (χ4n) is 3.63. The highest BCUT2D eigenvalue weighted by Crippen LogP contribution is 2.25. The summed E-state index contributed by atoms with van der Waals surface area (Å²) >= 11 is 0. The largest absolute Gasteiger partial charge is 0.444 e. The van der Waals surface area contributed by atoms with Crippen molar-refractivity contribution in [2.75, 3.05) is 6.54 Å². The minimum Gasteiger partial charge on any atom is -0.444 e. The molecule has 0 aliphatic rings. The van der Waals surface area contributed by atoms with Gasteiger partial charge in [0.25, 0.3) is 0 Å². The van der Waals surface area contributed by atoms with E-state index in [2.05, 4.69) is 10.6 Å². The SMILES string of the molecule is CCCCCN(C(=O)C(CC(N)=O)NC(=O)OC(C)(C)C)C(C(=O)NC(C)C)c1cccc(C)c1. The number of ether oxygens (including phenoxy) is 1. The highest BCUT2D eigenvalue weighted by Gasteiger charge is 2.37. The first kappa shape index (κ1) is 29.9. The van der Waals surface area contributed by atoms with Crippen LogP contribution in [0.5, 0.6) is 0 Å². The minimum atomic E-state index is -1.27. The molecule has 2 atom stereocenters. The van der Waals surface area contributed by atoms with Gasteiger partial charge < -0.3 is 26.0 Å². The summed E-state index contributed by atoms with van der Waals surface area (Å²) in [7, 11) is 0. The molecule has 196 valence electrons. The van der Waals surface area contributed by atoms with Gasteiger partial charge in [-0.05, 0) is 53.5 Å². The number of nitrogens with zero attached hydrogens (tertiary/aromatic N) is 1. The van der Waals surface area contributed by atoms with Crippen molar-refractivity contribution >= 4 is 23.8 Å². The van der Waals surface area contributed by atoms with E-state index in [0.717, 1.165) is 18.4 Å². The lowest BCUT2D eigenvalue weighted by atomic mass is 9.99. The van der Waals surface area contributed by atoms with Gasteiger partial charge in [-0.15, -0.1) is 0 Å². The van der Waals surface area contributed by atoms with Gasteiger partial charge in [-0.2, -0.15) is 0 Å². The van der Waals surface area contributed by atoms with Crippen LogP contribution in [-0.4, -0.2) is 52.9 Å². The first-order valence-corrected chi connectivity index (χ1v) is 12.2. The number of amides is 4. The molecule has 4 amide bonds. The zero-order chi connectivity index (χ0) is 26.8. The number of nitrogens with one attached hydrogen (secondary N) is 2. The summed E-state index contributed by atoms with van der Waals surface area (Å²) in [5.41, 5.74) is 6.19. The Labute approximate surface area is 209 Å². The molecular formula is C26H42N4O5. The fourth-order valence-corrected chi connectivity index (χ4v) is 3.63. The summed E-state index contributed by atoms with van der Waals surface area (Å²) in [6.45, 7) is 13.0. The molecule has 1 aromatic rings. The molecule has 0 radical (unpaired) electrons. The van der Waals surface area contributed by atoms with Gasteiger partial charge in [0.1, 0.15) is 17.7 Å². The lowest BCUT2D eigenvalue weighted by Gasteiger charge is -2.35. The molecule has 0 heterocycles. The van der Waals surface area contributed by atoms with Crippen LogP contribution in [0.4, 0.5) is 4.79 Å². The average molecular weight is 491 g/mol. The predicted octanol–water partition coefficient (Wildman–Crippen LogP) is 3.35. The molecule has 0 saturated carbocycles. The molecule has 35 heavy (non-hydrogen) atoms. The van der Waals surface area contributed by atoms with E-state index in [-0.39, 0.29) is 18.5 Å². The predicted molar refractivity (Wildman–Crippen MR) is 135 cm³/mol. The first-order valence-electron chi connectivity index (χ1n) is 12.2. The Kier molecular flexibility index (Phi) is 11.7. The van der Waals surface area contributed by atoms with Crippen molar-refractivity contribution in [2.24, 2.45) is 5.73 Å². The molecule has 0 bridgehead atoms. The highest BCUT2D eigenvalue weighted by molar-refractivity contribution is 5.94. The van der Waals surface area contributed by atoms with Crippen molar-refractivity contribution in [3.63, 3.8) is 0 Å². The third-order valence-electron chi connectivity index (χ3n) is 5.03. The molecule has 1 rings (SSSR count).